The van der Waals surface area contributed by atoms with E-state index in [9.17, 15) is 0 Å². The van der Waals surface area contributed by atoms with E-state index in [0.29, 0.717) is 12.1 Å². The molecule has 2 rings (SSSR count). The summed E-state index contributed by atoms with van der Waals surface area (Å²) < 4.78 is 7.93. The van der Waals surface area contributed by atoms with Gasteiger partial charge in [0.15, 0.2) is 0 Å². The van der Waals surface area contributed by atoms with Crippen molar-refractivity contribution in [1.82, 2.24) is 9.88 Å². The lowest BCUT2D eigenvalue weighted by atomic mass is 10.1. The molecule has 0 aromatic carbocycles. The van der Waals surface area contributed by atoms with E-state index in [4.69, 9.17) is 4.74 Å². The summed E-state index contributed by atoms with van der Waals surface area (Å²) in [5, 5.41) is 3.34. The van der Waals surface area contributed by atoms with Crippen LogP contribution in [0.15, 0.2) is 18.5 Å². The summed E-state index contributed by atoms with van der Waals surface area (Å²) >= 11 is 0. The molecule has 0 radical (unpaired) electrons. The van der Waals surface area contributed by atoms with E-state index in [0.717, 1.165) is 26.0 Å². The summed E-state index contributed by atoms with van der Waals surface area (Å²) in [6.07, 6.45) is 9.69. The minimum atomic E-state index is 0.485. The Labute approximate surface area is 104 Å². The average Bonchev–Trinajstić information content (AvgIpc) is 2.99. The Morgan fingerprint density at radius 1 is 1.59 bits per heavy atom. The minimum absolute atomic E-state index is 0.485. The molecular formula is C14H24N2O. The Morgan fingerprint density at radius 3 is 3.12 bits per heavy atom. The van der Waals surface area contributed by atoms with Crippen molar-refractivity contribution in [3.05, 3.63) is 24.0 Å². The third-order valence-corrected chi connectivity index (χ3v) is 3.67. The van der Waals surface area contributed by atoms with Gasteiger partial charge < -0.3 is 14.6 Å². The Bertz CT molecular complexity index is 325. The predicted octanol–water partition coefficient (Wildman–Crippen LogP) is 2.73. The van der Waals surface area contributed by atoms with Crippen LogP contribution >= 0.6 is 0 Å². The first-order valence-corrected chi connectivity index (χ1v) is 6.78. The minimum Gasteiger partial charge on any atom is -0.378 e. The lowest BCUT2D eigenvalue weighted by Crippen LogP contribution is -2.14. The Morgan fingerprint density at radius 2 is 2.47 bits per heavy atom. The quantitative estimate of drug-likeness (QED) is 0.822. The fourth-order valence-corrected chi connectivity index (χ4v) is 2.58. The summed E-state index contributed by atoms with van der Waals surface area (Å²) in [4.78, 5) is 0. The van der Waals surface area contributed by atoms with Crippen molar-refractivity contribution >= 4 is 0 Å². The van der Waals surface area contributed by atoms with E-state index in [1.807, 2.05) is 7.05 Å². The molecule has 2 atom stereocenters. The number of rotatable bonds is 6. The van der Waals surface area contributed by atoms with Crippen LogP contribution < -0.4 is 5.32 Å². The molecule has 2 heterocycles. The van der Waals surface area contributed by atoms with E-state index in [-0.39, 0.29) is 0 Å². The molecule has 17 heavy (non-hydrogen) atoms. The number of hydrogen-bond acceptors (Lipinski definition) is 2. The second-order valence-corrected chi connectivity index (χ2v) is 4.86. The van der Waals surface area contributed by atoms with Crippen molar-refractivity contribution in [2.75, 3.05) is 13.7 Å². The zero-order valence-electron chi connectivity index (χ0n) is 11.0. The van der Waals surface area contributed by atoms with Gasteiger partial charge in [0.25, 0.3) is 0 Å². The van der Waals surface area contributed by atoms with E-state index in [1.54, 1.807) is 0 Å². The van der Waals surface area contributed by atoms with E-state index in [1.165, 1.54) is 18.4 Å². The summed E-state index contributed by atoms with van der Waals surface area (Å²) in [6, 6.07) is 2.71. The highest BCUT2D eigenvalue weighted by molar-refractivity contribution is 5.15. The van der Waals surface area contributed by atoms with Crippen LogP contribution in [0.1, 0.15) is 44.2 Å². The molecule has 2 unspecified atom stereocenters. The van der Waals surface area contributed by atoms with Crippen molar-refractivity contribution in [2.45, 2.75) is 51.3 Å². The topological polar surface area (TPSA) is 26.2 Å². The molecule has 1 aliphatic heterocycles. The van der Waals surface area contributed by atoms with Gasteiger partial charge in [-0.1, -0.05) is 6.92 Å². The maximum absolute atomic E-state index is 5.65. The van der Waals surface area contributed by atoms with Crippen molar-refractivity contribution in [1.29, 1.82) is 0 Å². The maximum Gasteiger partial charge on any atom is 0.0593 e. The molecule has 96 valence electrons. The van der Waals surface area contributed by atoms with Crippen LogP contribution in [0.3, 0.4) is 0 Å². The largest absolute Gasteiger partial charge is 0.378 e. The number of aromatic nitrogens is 1. The van der Waals surface area contributed by atoms with Gasteiger partial charge in [-0.05, 0) is 44.4 Å². The fraction of sp³-hybridized carbons (Fsp3) is 0.714. The predicted molar refractivity (Wildman–Crippen MR) is 70.1 cm³/mol. The van der Waals surface area contributed by atoms with Crippen molar-refractivity contribution < 1.29 is 4.74 Å². The Kier molecular flexibility index (Phi) is 4.63. The van der Waals surface area contributed by atoms with Gasteiger partial charge in [0.1, 0.15) is 0 Å². The van der Waals surface area contributed by atoms with Crippen LogP contribution in [0.5, 0.6) is 0 Å². The van der Waals surface area contributed by atoms with E-state index >= 15 is 0 Å². The number of ether oxygens (including phenoxy) is 1. The highest BCUT2D eigenvalue weighted by Crippen LogP contribution is 2.19. The zero-order valence-corrected chi connectivity index (χ0v) is 11.0. The second-order valence-electron chi connectivity index (χ2n) is 4.86. The summed E-state index contributed by atoms with van der Waals surface area (Å²) in [5.74, 6) is 0. The molecule has 3 heteroatoms. The van der Waals surface area contributed by atoms with Crippen LogP contribution in [-0.4, -0.2) is 24.3 Å². The number of nitrogens with zero attached hydrogens (tertiary/aromatic N) is 1. The van der Waals surface area contributed by atoms with Crippen molar-refractivity contribution in [2.24, 2.45) is 0 Å². The van der Waals surface area contributed by atoms with Gasteiger partial charge in [0, 0.05) is 31.6 Å². The second kappa shape index (κ2) is 6.22. The molecule has 1 aromatic rings. The third-order valence-electron chi connectivity index (χ3n) is 3.67. The molecule has 0 bridgehead atoms. The van der Waals surface area contributed by atoms with Gasteiger partial charge in [-0.2, -0.15) is 0 Å². The molecule has 1 fully saturated rings. The third kappa shape index (κ3) is 3.33. The number of hydrogen-bond donors (Lipinski definition) is 1. The van der Waals surface area contributed by atoms with Crippen LogP contribution in [-0.2, 0) is 11.3 Å². The first-order valence-electron chi connectivity index (χ1n) is 6.78. The maximum atomic E-state index is 5.65. The van der Waals surface area contributed by atoms with E-state index < -0.39 is 0 Å². The molecule has 1 N–H and O–H groups in total. The van der Waals surface area contributed by atoms with Gasteiger partial charge in [0.2, 0.25) is 0 Å². The summed E-state index contributed by atoms with van der Waals surface area (Å²) in [5.41, 5.74) is 1.39. The van der Waals surface area contributed by atoms with Crippen LogP contribution in [0.4, 0.5) is 0 Å². The number of aryl methyl sites for hydroxylation is 1. The summed E-state index contributed by atoms with van der Waals surface area (Å²) in [6.45, 7) is 4.24. The molecule has 3 nitrogen and oxygen atoms in total. The lowest BCUT2D eigenvalue weighted by Gasteiger charge is -2.12. The molecule has 1 aliphatic rings. The van der Waals surface area contributed by atoms with Gasteiger partial charge >= 0.3 is 0 Å². The first kappa shape index (κ1) is 12.7. The van der Waals surface area contributed by atoms with Gasteiger partial charge in [-0.15, -0.1) is 0 Å². The highest BCUT2D eigenvalue weighted by atomic mass is 16.5. The molecular weight excluding hydrogens is 212 g/mol. The zero-order chi connectivity index (χ0) is 12.1. The highest BCUT2D eigenvalue weighted by Gasteiger charge is 2.15. The monoisotopic (exact) mass is 236 g/mol. The standard InChI is InChI=1S/C14H24N2O/c1-3-14(15-2)12-6-8-16(11-12)9-7-13-5-4-10-17-13/h6,8,11,13-15H,3-5,7,9-10H2,1-2H3. The number of nitrogens with one attached hydrogen (secondary N) is 1. The average molecular weight is 236 g/mol. The molecule has 0 spiro atoms. The molecule has 1 aromatic heterocycles. The van der Waals surface area contributed by atoms with Crippen molar-refractivity contribution in [3.8, 4) is 0 Å². The first-order chi connectivity index (χ1) is 8.33. The van der Waals surface area contributed by atoms with Gasteiger partial charge in [-0.3, -0.25) is 0 Å². The van der Waals surface area contributed by atoms with Crippen LogP contribution in [0.2, 0.25) is 0 Å². The van der Waals surface area contributed by atoms with Gasteiger partial charge in [-0.25, -0.2) is 0 Å². The smallest absolute Gasteiger partial charge is 0.0593 e. The molecule has 0 saturated carbocycles. The molecule has 0 aliphatic carbocycles. The lowest BCUT2D eigenvalue weighted by molar-refractivity contribution is 0.100. The van der Waals surface area contributed by atoms with E-state index in [2.05, 4.69) is 35.3 Å². The Balaban J connectivity index is 1.84. The summed E-state index contributed by atoms with van der Waals surface area (Å²) in [7, 11) is 2.03. The van der Waals surface area contributed by atoms with Crippen LogP contribution in [0, 0.1) is 0 Å². The SMILES string of the molecule is CCC(NC)c1ccn(CCC2CCCO2)c1. The van der Waals surface area contributed by atoms with Crippen LogP contribution in [0.25, 0.3) is 0 Å². The normalized spacial score (nSPS) is 21.9. The molecule has 1 saturated heterocycles. The fourth-order valence-electron chi connectivity index (χ4n) is 2.58. The molecule has 0 amide bonds. The van der Waals surface area contributed by atoms with Gasteiger partial charge in [0.05, 0.1) is 6.10 Å². The van der Waals surface area contributed by atoms with Crippen molar-refractivity contribution in [3.63, 3.8) is 0 Å². The Hall–Kier alpha value is -0.800.